The summed E-state index contributed by atoms with van der Waals surface area (Å²) >= 11 is 0. The van der Waals surface area contributed by atoms with Crippen molar-refractivity contribution < 1.29 is 21.6 Å². The average Bonchev–Trinajstić information content (AvgIpc) is 2.75. The van der Waals surface area contributed by atoms with Gasteiger partial charge in [-0.1, -0.05) is 0 Å². The molecule has 1 aromatic carbocycles. The third-order valence-corrected chi connectivity index (χ3v) is 6.98. The van der Waals surface area contributed by atoms with Gasteiger partial charge in [0, 0.05) is 17.1 Å². The van der Waals surface area contributed by atoms with Crippen LogP contribution in [0.15, 0.2) is 29.2 Å². The topological polar surface area (TPSA) is 109 Å². The lowest BCUT2D eigenvalue weighted by atomic mass is 10.1. The van der Waals surface area contributed by atoms with Crippen LogP contribution in [0.2, 0.25) is 0 Å². The first-order valence-electron chi connectivity index (χ1n) is 7.53. The molecule has 2 N–H and O–H groups in total. The molecule has 0 aromatic heterocycles. The molecule has 1 atom stereocenters. The van der Waals surface area contributed by atoms with Crippen molar-refractivity contribution in [2.45, 2.75) is 43.7 Å². The van der Waals surface area contributed by atoms with Gasteiger partial charge in [0.2, 0.25) is 10.0 Å². The molecule has 0 saturated carbocycles. The largest absolute Gasteiger partial charge is 0.348 e. The zero-order valence-corrected chi connectivity index (χ0v) is 15.5. The maximum atomic E-state index is 12.2. The highest BCUT2D eigenvalue weighted by atomic mass is 32.2. The van der Waals surface area contributed by atoms with Crippen LogP contribution in [0.25, 0.3) is 0 Å². The van der Waals surface area contributed by atoms with Gasteiger partial charge in [0.25, 0.3) is 5.91 Å². The van der Waals surface area contributed by atoms with Crippen molar-refractivity contribution in [2.75, 3.05) is 11.5 Å². The molecule has 1 amide bonds. The molecule has 7 nitrogen and oxygen atoms in total. The van der Waals surface area contributed by atoms with E-state index in [1.807, 2.05) is 0 Å². The number of amides is 1. The Hall–Kier alpha value is -1.45. The normalized spacial score (nSPS) is 20.7. The molecule has 0 aliphatic carbocycles. The molecule has 1 aliphatic rings. The minimum atomic E-state index is -3.66. The van der Waals surface area contributed by atoms with E-state index >= 15 is 0 Å². The highest BCUT2D eigenvalue weighted by Gasteiger charge is 2.29. The van der Waals surface area contributed by atoms with Crippen LogP contribution in [0, 0.1) is 0 Å². The van der Waals surface area contributed by atoms with E-state index in [2.05, 4.69) is 10.0 Å². The van der Waals surface area contributed by atoms with E-state index in [0.717, 1.165) is 0 Å². The van der Waals surface area contributed by atoms with Gasteiger partial charge in [-0.15, -0.1) is 0 Å². The lowest BCUT2D eigenvalue weighted by molar-refractivity contribution is 0.0941. The second-order valence-electron chi connectivity index (χ2n) is 6.95. The summed E-state index contributed by atoms with van der Waals surface area (Å²) in [6.45, 7) is 5.21. The Kier molecular flexibility index (Phi) is 5.08. The molecular formula is C15H22N2O5S2. The lowest BCUT2D eigenvalue weighted by Gasteiger charge is -2.20. The Balaban J connectivity index is 2.08. The summed E-state index contributed by atoms with van der Waals surface area (Å²) in [5.41, 5.74) is -0.322. The Morgan fingerprint density at radius 1 is 1.17 bits per heavy atom. The van der Waals surface area contributed by atoms with E-state index in [9.17, 15) is 21.6 Å². The van der Waals surface area contributed by atoms with Crippen molar-refractivity contribution in [3.05, 3.63) is 29.8 Å². The molecular weight excluding hydrogens is 352 g/mol. The fourth-order valence-electron chi connectivity index (χ4n) is 2.43. The minimum absolute atomic E-state index is 0.0549. The SMILES string of the molecule is CC(C)(C)NS(=O)(=O)c1ccc(C(=O)NC2CCS(=O)(=O)C2)cc1. The summed E-state index contributed by atoms with van der Waals surface area (Å²) in [7, 11) is -6.73. The van der Waals surface area contributed by atoms with Crippen molar-refractivity contribution in [3.63, 3.8) is 0 Å². The summed E-state index contributed by atoms with van der Waals surface area (Å²) in [4.78, 5) is 12.2. The van der Waals surface area contributed by atoms with E-state index in [1.165, 1.54) is 24.3 Å². The Bertz CT molecular complexity index is 822. The number of sulfone groups is 1. The third kappa shape index (κ3) is 5.02. The summed E-state index contributed by atoms with van der Waals surface area (Å²) in [6, 6.07) is 5.14. The Morgan fingerprint density at radius 3 is 2.21 bits per heavy atom. The lowest BCUT2D eigenvalue weighted by Crippen LogP contribution is -2.40. The van der Waals surface area contributed by atoms with E-state index in [-0.39, 0.29) is 22.0 Å². The quantitative estimate of drug-likeness (QED) is 0.805. The fraction of sp³-hybridized carbons (Fsp3) is 0.533. The van der Waals surface area contributed by atoms with Gasteiger partial charge >= 0.3 is 0 Å². The van der Waals surface area contributed by atoms with Gasteiger partial charge in [0.1, 0.15) is 0 Å². The smallest absolute Gasteiger partial charge is 0.251 e. The predicted octanol–water partition coefficient (Wildman–Crippen LogP) is 0.680. The molecule has 134 valence electrons. The predicted molar refractivity (Wildman–Crippen MR) is 91.0 cm³/mol. The number of rotatable bonds is 4. The van der Waals surface area contributed by atoms with E-state index in [1.54, 1.807) is 20.8 Å². The van der Waals surface area contributed by atoms with E-state index in [0.29, 0.717) is 6.42 Å². The molecule has 0 spiro atoms. The van der Waals surface area contributed by atoms with Gasteiger partial charge in [-0.25, -0.2) is 21.6 Å². The van der Waals surface area contributed by atoms with Crippen molar-refractivity contribution in [2.24, 2.45) is 0 Å². The number of hydrogen-bond donors (Lipinski definition) is 2. The molecule has 1 aromatic rings. The molecule has 0 bridgehead atoms. The summed E-state index contributed by atoms with van der Waals surface area (Å²) in [6.07, 6.45) is 0.399. The van der Waals surface area contributed by atoms with Gasteiger partial charge in [-0.3, -0.25) is 4.79 Å². The van der Waals surface area contributed by atoms with Gasteiger partial charge in [-0.2, -0.15) is 0 Å². The number of carbonyl (C=O) groups excluding carboxylic acids is 1. The average molecular weight is 374 g/mol. The van der Waals surface area contributed by atoms with Crippen LogP contribution in [-0.2, 0) is 19.9 Å². The van der Waals surface area contributed by atoms with Gasteiger partial charge in [0.15, 0.2) is 9.84 Å². The maximum absolute atomic E-state index is 12.2. The molecule has 9 heteroatoms. The van der Waals surface area contributed by atoms with Gasteiger partial charge in [-0.05, 0) is 51.5 Å². The third-order valence-electron chi connectivity index (χ3n) is 3.44. The van der Waals surface area contributed by atoms with E-state index in [4.69, 9.17) is 0 Å². The van der Waals surface area contributed by atoms with Crippen LogP contribution >= 0.6 is 0 Å². The molecule has 1 fully saturated rings. The van der Waals surface area contributed by atoms with Crippen LogP contribution in [-0.4, -0.2) is 45.8 Å². The molecule has 1 heterocycles. The number of benzene rings is 1. The zero-order valence-electron chi connectivity index (χ0n) is 13.9. The van der Waals surface area contributed by atoms with Crippen LogP contribution in [0.4, 0.5) is 0 Å². The Morgan fingerprint density at radius 2 is 1.75 bits per heavy atom. The first-order valence-corrected chi connectivity index (χ1v) is 10.8. The van der Waals surface area contributed by atoms with Crippen molar-refractivity contribution >= 4 is 25.8 Å². The number of hydrogen-bond acceptors (Lipinski definition) is 5. The van der Waals surface area contributed by atoms with E-state index < -0.39 is 37.3 Å². The molecule has 1 unspecified atom stereocenters. The first-order chi connectivity index (χ1) is 10.9. The van der Waals surface area contributed by atoms with Crippen molar-refractivity contribution in [1.29, 1.82) is 0 Å². The maximum Gasteiger partial charge on any atom is 0.251 e. The molecule has 1 aliphatic heterocycles. The summed E-state index contributed by atoms with van der Waals surface area (Å²) in [5.74, 6) is -0.390. The van der Waals surface area contributed by atoms with Crippen LogP contribution < -0.4 is 10.0 Å². The van der Waals surface area contributed by atoms with Crippen LogP contribution in [0.1, 0.15) is 37.6 Å². The summed E-state index contributed by atoms with van der Waals surface area (Å²) in [5, 5.41) is 2.66. The molecule has 0 radical (unpaired) electrons. The molecule has 1 saturated heterocycles. The first kappa shape index (κ1) is 18.9. The van der Waals surface area contributed by atoms with Crippen molar-refractivity contribution in [1.82, 2.24) is 10.0 Å². The second-order valence-corrected chi connectivity index (χ2v) is 10.9. The van der Waals surface area contributed by atoms with Crippen molar-refractivity contribution in [3.8, 4) is 0 Å². The Labute approximate surface area is 142 Å². The standard InChI is InChI=1S/C15H22N2O5S2/c1-15(2,3)17-24(21,22)13-6-4-11(5-7-13)14(18)16-12-8-9-23(19,20)10-12/h4-7,12,17H,8-10H2,1-3H3,(H,16,18). The highest BCUT2D eigenvalue weighted by Crippen LogP contribution is 2.15. The van der Waals surface area contributed by atoms with Crippen LogP contribution in [0.5, 0.6) is 0 Å². The fourth-order valence-corrected chi connectivity index (χ4v) is 5.52. The number of nitrogens with one attached hydrogen (secondary N) is 2. The zero-order chi connectivity index (χ0) is 18.2. The van der Waals surface area contributed by atoms with Gasteiger partial charge < -0.3 is 5.32 Å². The molecule has 24 heavy (non-hydrogen) atoms. The second kappa shape index (κ2) is 6.45. The highest BCUT2D eigenvalue weighted by molar-refractivity contribution is 7.91. The van der Waals surface area contributed by atoms with Gasteiger partial charge in [0.05, 0.1) is 16.4 Å². The monoisotopic (exact) mass is 374 g/mol. The number of carbonyl (C=O) groups is 1. The minimum Gasteiger partial charge on any atom is -0.348 e. The number of sulfonamides is 1. The molecule has 2 rings (SSSR count). The summed E-state index contributed by atoms with van der Waals surface area (Å²) < 4.78 is 49.7. The van der Waals surface area contributed by atoms with Crippen LogP contribution in [0.3, 0.4) is 0 Å².